The molecule has 2 aliphatic rings. The third kappa shape index (κ3) is 4.61. The highest BCUT2D eigenvalue weighted by molar-refractivity contribution is 7.89. The average Bonchev–Trinajstić information content (AvgIpc) is 2.79. The van der Waals surface area contributed by atoms with E-state index in [1.165, 1.54) is 21.5 Å². The maximum absolute atomic E-state index is 13.3. The molecule has 174 valence electrons. The molecule has 32 heavy (non-hydrogen) atoms. The van der Waals surface area contributed by atoms with Crippen molar-refractivity contribution in [1.29, 1.82) is 0 Å². The summed E-state index contributed by atoms with van der Waals surface area (Å²) in [6, 6.07) is 9.32. The van der Waals surface area contributed by atoms with Gasteiger partial charge in [0.2, 0.25) is 10.0 Å². The number of halogens is 3. The van der Waals surface area contributed by atoms with Crippen molar-refractivity contribution >= 4 is 15.8 Å². The molecule has 0 amide bonds. The third-order valence-electron chi connectivity index (χ3n) is 6.04. The summed E-state index contributed by atoms with van der Waals surface area (Å²) < 4.78 is 67.4. The number of alkyl halides is 3. The Hall–Kier alpha value is -2.21. The van der Waals surface area contributed by atoms with Crippen LogP contribution in [0.1, 0.15) is 17.2 Å². The Kier molecular flexibility index (Phi) is 6.44. The van der Waals surface area contributed by atoms with E-state index in [1.807, 2.05) is 19.2 Å². The zero-order valence-electron chi connectivity index (χ0n) is 17.7. The van der Waals surface area contributed by atoms with Crippen LogP contribution in [-0.4, -0.2) is 75.5 Å². The Morgan fingerprint density at radius 3 is 2.34 bits per heavy atom. The zero-order chi connectivity index (χ0) is 22.9. The number of rotatable bonds is 4. The number of hydrogen-bond acceptors (Lipinski definition) is 6. The van der Waals surface area contributed by atoms with Crippen LogP contribution in [0.25, 0.3) is 0 Å². The van der Waals surface area contributed by atoms with Gasteiger partial charge in [0.1, 0.15) is 5.82 Å². The van der Waals surface area contributed by atoms with Gasteiger partial charge in [-0.15, -0.1) is 0 Å². The van der Waals surface area contributed by atoms with Gasteiger partial charge in [-0.1, -0.05) is 12.1 Å². The number of piperazine rings is 2. The fourth-order valence-corrected chi connectivity index (χ4v) is 5.62. The molecule has 7 nitrogen and oxygen atoms in total. The molecular formula is C21H26F3N5O2S. The molecule has 11 heteroatoms. The van der Waals surface area contributed by atoms with Crippen LogP contribution in [-0.2, 0) is 16.2 Å². The molecule has 1 aromatic heterocycles. The monoisotopic (exact) mass is 469 g/mol. The van der Waals surface area contributed by atoms with Crippen LogP contribution >= 0.6 is 0 Å². The highest BCUT2D eigenvalue weighted by atomic mass is 32.2. The third-order valence-corrected chi connectivity index (χ3v) is 7.96. The van der Waals surface area contributed by atoms with E-state index in [0.29, 0.717) is 0 Å². The first-order chi connectivity index (χ1) is 15.2. The number of benzene rings is 1. The van der Waals surface area contributed by atoms with Crippen LogP contribution in [0.4, 0.5) is 19.0 Å². The molecule has 1 N–H and O–H groups in total. The second-order valence-electron chi connectivity index (χ2n) is 8.03. The number of nitrogens with zero attached hydrogens (tertiary/aromatic N) is 4. The minimum atomic E-state index is -4.52. The van der Waals surface area contributed by atoms with Crippen LogP contribution < -0.4 is 10.2 Å². The molecule has 2 aromatic rings. The highest BCUT2D eigenvalue weighted by Crippen LogP contribution is 2.35. The van der Waals surface area contributed by atoms with Gasteiger partial charge < -0.3 is 10.2 Å². The topological polar surface area (TPSA) is 68.8 Å². The first kappa shape index (κ1) is 23.0. The van der Waals surface area contributed by atoms with E-state index in [-0.39, 0.29) is 42.9 Å². The smallest absolute Gasteiger partial charge is 0.353 e. The van der Waals surface area contributed by atoms with Gasteiger partial charge in [-0.3, -0.25) is 4.90 Å². The van der Waals surface area contributed by atoms with Gasteiger partial charge in [-0.2, -0.15) is 17.5 Å². The summed E-state index contributed by atoms with van der Waals surface area (Å²) in [7, 11) is -1.69. The maximum Gasteiger partial charge on any atom is 0.419 e. The molecule has 0 spiro atoms. The van der Waals surface area contributed by atoms with Crippen molar-refractivity contribution in [2.24, 2.45) is 0 Å². The van der Waals surface area contributed by atoms with E-state index in [0.717, 1.165) is 31.3 Å². The van der Waals surface area contributed by atoms with E-state index in [2.05, 4.69) is 15.2 Å². The van der Waals surface area contributed by atoms with Crippen LogP contribution in [0.5, 0.6) is 0 Å². The lowest BCUT2D eigenvalue weighted by atomic mass is 10.0. The minimum Gasteiger partial charge on any atom is -0.353 e. The number of hydrogen-bond donors (Lipinski definition) is 1. The molecule has 1 aromatic carbocycles. The van der Waals surface area contributed by atoms with E-state index < -0.39 is 21.8 Å². The molecule has 0 aliphatic carbocycles. The molecule has 1 unspecified atom stereocenters. The van der Waals surface area contributed by atoms with Crippen molar-refractivity contribution in [1.82, 2.24) is 19.5 Å². The minimum absolute atomic E-state index is 0.0905. The van der Waals surface area contributed by atoms with Crippen molar-refractivity contribution in [2.75, 3.05) is 57.8 Å². The lowest BCUT2D eigenvalue weighted by molar-refractivity contribution is -0.137. The number of pyridine rings is 1. The second-order valence-corrected chi connectivity index (χ2v) is 9.97. The predicted octanol–water partition coefficient (Wildman–Crippen LogP) is 2.19. The lowest BCUT2D eigenvalue weighted by Crippen LogP contribution is -2.49. The molecular weight excluding hydrogens is 443 g/mol. The van der Waals surface area contributed by atoms with Crippen molar-refractivity contribution in [3.8, 4) is 0 Å². The molecule has 0 bridgehead atoms. The fraction of sp³-hybridized carbons (Fsp3) is 0.476. The molecule has 2 saturated heterocycles. The van der Waals surface area contributed by atoms with Crippen LogP contribution in [0.2, 0.25) is 0 Å². The van der Waals surface area contributed by atoms with E-state index in [4.69, 9.17) is 0 Å². The van der Waals surface area contributed by atoms with Crippen molar-refractivity contribution in [2.45, 2.75) is 17.1 Å². The largest absolute Gasteiger partial charge is 0.419 e. The normalized spacial score (nSPS) is 21.6. The van der Waals surface area contributed by atoms with Crippen LogP contribution in [0.3, 0.4) is 0 Å². The molecule has 2 aliphatic heterocycles. The molecule has 1 atom stereocenters. The van der Waals surface area contributed by atoms with Gasteiger partial charge in [-0.05, 0) is 36.9 Å². The quantitative estimate of drug-likeness (QED) is 0.741. The number of anilines is 1. The standard InChI is InChI=1S/C21H26F3N5O2S/c1-27-10-9-25-15-19(27)16-4-6-17(7-5-16)32(30,31)29-13-11-28(12-14-29)20-18(21(22,23)24)3-2-8-26-20/h2-8,19,25H,9-15H2,1H3. The second kappa shape index (κ2) is 8.97. The number of likely N-dealkylation sites (N-methyl/N-ethyl adjacent to an activating group) is 1. The van der Waals surface area contributed by atoms with Gasteiger partial charge in [0, 0.05) is 58.1 Å². The summed E-state index contributed by atoms with van der Waals surface area (Å²) >= 11 is 0. The maximum atomic E-state index is 13.3. The van der Waals surface area contributed by atoms with Gasteiger partial charge in [0.15, 0.2) is 0 Å². The van der Waals surface area contributed by atoms with Gasteiger partial charge in [-0.25, -0.2) is 13.4 Å². The predicted molar refractivity (Wildman–Crippen MR) is 115 cm³/mol. The van der Waals surface area contributed by atoms with E-state index >= 15 is 0 Å². The zero-order valence-corrected chi connectivity index (χ0v) is 18.5. The average molecular weight is 470 g/mol. The van der Waals surface area contributed by atoms with Gasteiger partial charge >= 0.3 is 6.18 Å². The first-order valence-corrected chi connectivity index (χ1v) is 11.9. The molecule has 0 radical (unpaired) electrons. The Morgan fingerprint density at radius 1 is 1.03 bits per heavy atom. The Bertz CT molecular complexity index is 1040. The fourth-order valence-electron chi connectivity index (χ4n) is 4.20. The number of nitrogens with one attached hydrogen (secondary N) is 1. The Labute approximate surface area is 185 Å². The van der Waals surface area contributed by atoms with Crippen molar-refractivity contribution in [3.63, 3.8) is 0 Å². The summed E-state index contributed by atoms with van der Waals surface area (Å²) in [6.45, 7) is 3.10. The van der Waals surface area contributed by atoms with Crippen LogP contribution in [0, 0.1) is 0 Å². The summed E-state index contributed by atoms with van der Waals surface area (Å²) in [5.41, 5.74) is 0.229. The Balaban J connectivity index is 1.46. The number of sulfonamides is 1. The number of aromatic nitrogens is 1. The van der Waals surface area contributed by atoms with Gasteiger partial charge in [0.05, 0.1) is 10.5 Å². The Morgan fingerprint density at radius 2 is 1.72 bits per heavy atom. The highest BCUT2D eigenvalue weighted by Gasteiger charge is 2.37. The lowest BCUT2D eigenvalue weighted by Gasteiger charge is -2.36. The molecule has 3 heterocycles. The summed E-state index contributed by atoms with van der Waals surface area (Å²) in [6.07, 6.45) is -3.20. The van der Waals surface area contributed by atoms with E-state index in [1.54, 1.807) is 12.1 Å². The summed E-state index contributed by atoms with van der Waals surface area (Å²) in [4.78, 5) is 7.81. The van der Waals surface area contributed by atoms with E-state index in [9.17, 15) is 21.6 Å². The van der Waals surface area contributed by atoms with Crippen molar-refractivity contribution in [3.05, 3.63) is 53.7 Å². The van der Waals surface area contributed by atoms with Crippen molar-refractivity contribution < 1.29 is 21.6 Å². The molecule has 2 fully saturated rings. The SMILES string of the molecule is CN1CCNCC1c1ccc(S(=O)(=O)N2CCN(c3ncccc3C(F)(F)F)CC2)cc1. The summed E-state index contributed by atoms with van der Waals surface area (Å²) in [5, 5.41) is 3.34. The van der Waals surface area contributed by atoms with Crippen LogP contribution in [0.15, 0.2) is 47.5 Å². The summed E-state index contributed by atoms with van der Waals surface area (Å²) in [5.74, 6) is -0.161. The molecule has 4 rings (SSSR count). The molecule has 0 saturated carbocycles. The first-order valence-electron chi connectivity index (χ1n) is 10.5. The van der Waals surface area contributed by atoms with Gasteiger partial charge in [0.25, 0.3) is 0 Å².